The van der Waals surface area contributed by atoms with Crippen LogP contribution in [-0.2, 0) is 0 Å². The maximum Gasteiger partial charge on any atom is 0.335 e. The normalized spacial score (nSPS) is 11.0. The molecule has 7 nitrogen and oxygen atoms in total. The molecule has 4 rings (SSSR count). The van der Waals surface area contributed by atoms with Crippen LogP contribution in [0.2, 0.25) is 0 Å². The summed E-state index contributed by atoms with van der Waals surface area (Å²) >= 11 is 0. The standard InChI is InChI=1S/C32H33N3O4/c1-35(29-16-14-28(15-17-29)34-33-27-12-6-26(7-13-27)32(37)38)22-4-2-3-5-23-39-31-20-10-25(11-21-31)24-8-18-30(36)19-9-24/h6-21,36H,2-5,22-23H2,1H3,(H,37,38). The molecular weight excluding hydrogens is 490 g/mol. The highest BCUT2D eigenvalue weighted by Gasteiger charge is 2.03. The molecule has 200 valence electrons. The fourth-order valence-electron chi connectivity index (χ4n) is 4.08. The third-order valence-electron chi connectivity index (χ3n) is 6.40. The van der Waals surface area contributed by atoms with E-state index < -0.39 is 5.97 Å². The van der Waals surface area contributed by atoms with Gasteiger partial charge in [-0.1, -0.05) is 37.1 Å². The maximum absolute atomic E-state index is 10.9. The molecule has 0 fully saturated rings. The van der Waals surface area contributed by atoms with Crippen molar-refractivity contribution in [2.45, 2.75) is 25.7 Å². The molecule has 2 N–H and O–H groups in total. The number of azo groups is 1. The van der Waals surface area contributed by atoms with Crippen LogP contribution in [0.15, 0.2) is 107 Å². The summed E-state index contributed by atoms with van der Waals surface area (Å²) in [6.45, 7) is 1.67. The van der Waals surface area contributed by atoms with Crippen molar-refractivity contribution < 1.29 is 19.7 Å². The highest BCUT2D eigenvalue weighted by molar-refractivity contribution is 5.87. The van der Waals surface area contributed by atoms with Crippen LogP contribution in [0.3, 0.4) is 0 Å². The minimum atomic E-state index is -0.960. The third-order valence-corrected chi connectivity index (χ3v) is 6.40. The molecule has 0 radical (unpaired) electrons. The first-order valence-electron chi connectivity index (χ1n) is 13.1. The third kappa shape index (κ3) is 8.43. The molecule has 0 heterocycles. The van der Waals surface area contributed by atoms with E-state index in [0.29, 0.717) is 12.3 Å². The second-order valence-electron chi connectivity index (χ2n) is 9.32. The number of carboxylic acid groups (broad SMARTS) is 1. The molecule has 0 atom stereocenters. The molecule has 39 heavy (non-hydrogen) atoms. The smallest absolute Gasteiger partial charge is 0.335 e. The van der Waals surface area contributed by atoms with Gasteiger partial charge in [-0.2, -0.15) is 10.2 Å². The molecule has 0 saturated carbocycles. The SMILES string of the molecule is CN(CCCCCCOc1ccc(-c2ccc(O)cc2)cc1)c1ccc(N=Nc2ccc(C(=O)O)cc2)cc1. The Morgan fingerprint density at radius 1 is 0.718 bits per heavy atom. The Balaban J connectivity index is 1.11. The Bertz CT molecular complexity index is 1350. The molecule has 0 aromatic heterocycles. The Labute approximate surface area is 229 Å². The van der Waals surface area contributed by atoms with E-state index in [2.05, 4.69) is 22.2 Å². The second kappa shape index (κ2) is 13.8. The fraction of sp³-hybridized carbons (Fsp3) is 0.219. The van der Waals surface area contributed by atoms with Gasteiger partial charge in [0.1, 0.15) is 11.5 Å². The zero-order chi connectivity index (χ0) is 27.5. The van der Waals surface area contributed by atoms with Gasteiger partial charge in [-0.05, 0) is 96.8 Å². The van der Waals surface area contributed by atoms with E-state index in [4.69, 9.17) is 9.84 Å². The quantitative estimate of drug-likeness (QED) is 0.136. The van der Waals surface area contributed by atoms with Gasteiger partial charge in [0.25, 0.3) is 0 Å². The first kappa shape index (κ1) is 27.4. The molecule has 4 aromatic rings. The van der Waals surface area contributed by atoms with Gasteiger partial charge in [-0.25, -0.2) is 4.79 Å². The average Bonchev–Trinajstić information content (AvgIpc) is 2.96. The van der Waals surface area contributed by atoms with Crippen LogP contribution in [0.5, 0.6) is 11.5 Å². The zero-order valence-electron chi connectivity index (χ0n) is 22.0. The summed E-state index contributed by atoms with van der Waals surface area (Å²) < 4.78 is 5.90. The molecular formula is C32H33N3O4. The van der Waals surface area contributed by atoms with E-state index in [1.54, 1.807) is 24.3 Å². The number of unbranched alkanes of at least 4 members (excludes halogenated alkanes) is 3. The predicted octanol–water partition coefficient (Wildman–Crippen LogP) is 8.25. The lowest BCUT2D eigenvalue weighted by atomic mass is 10.1. The van der Waals surface area contributed by atoms with Crippen molar-refractivity contribution in [2.24, 2.45) is 10.2 Å². The molecule has 0 saturated heterocycles. The molecule has 0 unspecified atom stereocenters. The zero-order valence-corrected chi connectivity index (χ0v) is 22.0. The van der Waals surface area contributed by atoms with Crippen LogP contribution in [0, 0.1) is 0 Å². The number of aromatic carboxylic acids is 1. The lowest BCUT2D eigenvalue weighted by Crippen LogP contribution is -2.18. The Hall–Kier alpha value is -4.65. The monoisotopic (exact) mass is 523 g/mol. The number of anilines is 1. The van der Waals surface area contributed by atoms with Crippen molar-refractivity contribution in [2.75, 3.05) is 25.1 Å². The van der Waals surface area contributed by atoms with Crippen LogP contribution in [0.1, 0.15) is 36.0 Å². The minimum Gasteiger partial charge on any atom is -0.508 e. The highest BCUT2D eigenvalue weighted by Crippen LogP contribution is 2.25. The van der Waals surface area contributed by atoms with Crippen molar-refractivity contribution in [1.29, 1.82) is 0 Å². The average molecular weight is 524 g/mol. The van der Waals surface area contributed by atoms with Gasteiger partial charge in [-0.15, -0.1) is 0 Å². The number of carbonyl (C=O) groups is 1. The summed E-state index contributed by atoms with van der Waals surface area (Å²) in [5, 5.41) is 26.8. The van der Waals surface area contributed by atoms with Crippen LogP contribution in [0.4, 0.5) is 17.1 Å². The van der Waals surface area contributed by atoms with Crippen LogP contribution in [-0.4, -0.2) is 36.4 Å². The fourth-order valence-corrected chi connectivity index (χ4v) is 4.08. The molecule has 7 heteroatoms. The van der Waals surface area contributed by atoms with Gasteiger partial charge in [0.15, 0.2) is 0 Å². The largest absolute Gasteiger partial charge is 0.508 e. The lowest BCUT2D eigenvalue weighted by molar-refractivity contribution is 0.0697. The summed E-state index contributed by atoms with van der Waals surface area (Å²) in [5.41, 5.74) is 4.85. The van der Waals surface area contributed by atoms with E-state index in [1.165, 1.54) is 12.1 Å². The van der Waals surface area contributed by atoms with E-state index >= 15 is 0 Å². The minimum absolute atomic E-state index is 0.226. The first-order valence-corrected chi connectivity index (χ1v) is 13.1. The molecule has 0 bridgehead atoms. The summed E-state index contributed by atoms with van der Waals surface area (Å²) in [6, 6.07) is 29.5. The van der Waals surface area contributed by atoms with E-state index in [9.17, 15) is 9.90 Å². The van der Waals surface area contributed by atoms with Crippen LogP contribution >= 0.6 is 0 Å². The predicted molar refractivity (Wildman–Crippen MR) is 155 cm³/mol. The second-order valence-corrected chi connectivity index (χ2v) is 9.32. The van der Waals surface area contributed by atoms with Gasteiger partial charge in [0, 0.05) is 19.3 Å². The number of rotatable bonds is 13. The molecule has 4 aromatic carbocycles. The summed E-state index contributed by atoms with van der Waals surface area (Å²) in [4.78, 5) is 13.2. The number of aromatic hydroxyl groups is 1. The van der Waals surface area contributed by atoms with Gasteiger partial charge in [0.05, 0.1) is 23.5 Å². The van der Waals surface area contributed by atoms with Crippen LogP contribution < -0.4 is 9.64 Å². The number of nitrogens with zero attached hydrogens (tertiary/aromatic N) is 3. The van der Waals surface area contributed by atoms with Crippen molar-refractivity contribution >= 4 is 23.0 Å². The number of hydrogen-bond acceptors (Lipinski definition) is 6. The highest BCUT2D eigenvalue weighted by atomic mass is 16.5. The molecule has 0 aliphatic heterocycles. The molecule has 0 aliphatic carbocycles. The van der Waals surface area contributed by atoms with E-state index in [1.807, 2.05) is 60.7 Å². The van der Waals surface area contributed by atoms with E-state index in [0.717, 1.165) is 60.5 Å². The van der Waals surface area contributed by atoms with Gasteiger partial charge < -0.3 is 19.8 Å². The van der Waals surface area contributed by atoms with Gasteiger partial charge >= 0.3 is 5.97 Å². The molecule has 0 spiro atoms. The number of phenolic OH excluding ortho intramolecular Hbond substituents is 1. The molecule has 0 amide bonds. The maximum atomic E-state index is 10.9. The first-order chi connectivity index (χ1) is 19.0. The van der Waals surface area contributed by atoms with Gasteiger partial charge in [0.2, 0.25) is 0 Å². The lowest BCUT2D eigenvalue weighted by Gasteiger charge is -2.19. The van der Waals surface area contributed by atoms with Crippen molar-refractivity contribution in [3.05, 3.63) is 103 Å². The number of benzene rings is 4. The van der Waals surface area contributed by atoms with Crippen molar-refractivity contribution in [3.63, 3.8) is 0 Å². The summed E-state index contributed by atoms with van der Waals surface area (Å²) in [7, 11) is 2.09. The molecule has 0 aliphatic rings. The van der Waals surface area contributed by atoms with Crippen molar-refractivity contribution in [3.8, 4) is 22.6 Å². The summed E-state index contributed by atoms with van der Waals surface area (Å²) in [5.74, 6) is 0.179. The Morgan fingerprint density at radius 3 is 1.85 bits per heavy atom. The summed E-state index contributed by atoms with van der Waals surface area (Å²) in [6.07, 6.45) is 4.38. The number of phenols is 1. The number of hydrogen-bond donors (Lipinski definition) is 2. The van der Waals surface area contributed by atoms with Crippen molar-refractivity contribution in [1.82, 2.24) is 0 Å². The van der Waals surface area contributed by atoms with E-state index in [-0.39, 0.29) is 11.3 Å². The number of carboxylic acids is 1. The Kier molecular flexibility index (Phi) is 9.67. The number of ether oxygens (including phenoxy) is 1. The van der Waals surface area contributed by atoms with Crippen LogP contribution in [0.25, 0.3) is 11.1 Å². The Morgan fingerprint density at radius 2 is 1.26 bits per heavy atom. The van der Waals surface area contributed by atoms with Gasteiger partial charge in [-0.3, -0.25) is 0 Å². The topological polar surface area (TPSA) is 94.7 Å².